The number of hydrogen-bond acceptors (Lipinski definition) is 4. The number of rotatable bonds is 4. The van der Waals surface area contributed by atoms with Crippen LogP contribution in [-0.2, 0) is 11.3 Å². The van der Waals surface area contributed by atoms with Gasteiger partial charge in [0.15, 0.2) is 5.65 Å². The minimum atomic E-state index is -0.251. The van der Waals surface area contributed by atoms with Crippen molar-refractivity contribution in [3.63, 3.8) is 0 Å². The van der Waals surface area contributed by atoms with E-state index in [1.54, 1.807) is 6.07 Å². The number of fused-ring (bicyclic) bond motifs is 4. The Balaban J connectivity index is 1.55. The summed E-state index contributed by atoms with van der Waals surface area (Å²) in [6.45, 7) is 1.91. The molecule has 2 aromatic heterocycles. The van der Waals surface area contributed by atoms with Gasteiger partial charge >= 0.3 is 0 Å². The van der Waals surface area contributed by atoms with Crippen molar-refractivity contribution in [3.05, 3.63) is 83.4 Å². The summed E-state index contributed by atoms with van der Waals surface area (Å²) in [7, 11) is 0. The van der Waals surface area contributed by atoms with Gasteiger partial charge in [-0.15, -0.1) is 0 Å². The van der Waals surface area contributed by atoms with E-state index in [1.807, 2.05) is 78.2 Å². The molecule has 0 bridgehead atoms. The van der Waals surface area contributed by atoms with Gasteiger partial charge in [-0.2, -0.15) is 5.10 Å². The molecule has 152 valence electrons. The standard InChI is InChI=1S/C24H18ClN5O/c1-15(16-7-3-2-4-8-16)28-29-22(31)14-30-21-12-11-17(25)13-18(21)23-24(30)27-20-10-6-5-9-19(20)26-23/h2-13H,14H2,1H3,(H,29,31). The van der Waals surface area contributed by atoms with Gasteiger partial charge in [0, 0.05) is 10.4 Å². The fourth-order valence-electron chi connectivity index (χ4n) is 3.64. The van der Waals surface area contributed by atoms with Crippen LogP contribution in [0.25, 0.3) is 33.1 Å². The van der Waals surface area contributed by atoms with E-state index in [0.29, 0.717) is 16.2 Å². The van der Waals surface area contributed by atoms with Crippen molar-refractivity contribution in [2.24, 2.45) is 5.10 Å². The Hall–Kier alpha value is -3.77. The molecule has 1 N–H and O–H groups in total. The van der Waals surface area contributed by atoms with Crippen molar-refractivity contribution in [1.29, 1.82) is 0 Å². The van der Waals surface area contributed by atoms with Crippen LogP contribution in [0.5, 0.6) is 0 Å². The second-order valence-corrected chi connectivity index (χ2v) is 7.67. The lowest BCUT2D eigenvalue weighted by atomic mass is 10.1. The highest BCUT2D eigenvalue weighted by Crippen LogP contribution is 2.30. The van der Waals surface area contributed by atoms with Crippen LogP contribution in [0.2, 0.25) is 5.02 Å². The van der Waals surface area contributed by atoms with Crippen molar-refractivity contribution in [2.45, 2.75) is 13.5 Å². The van der Waals surface area contributed by atoms with Crippen molar-refractivity contribution in [1.82, 2.24) is 20.0 Å². The molecule has 0 spiro atoms. The monoisotopic (exact) mass is 427 g/mol. The van der Waals surface area contributed by atoms with Gasteiger partial charge in [0.25, 0.3) is 5.91 Å². The number of carbonyl (C=O) groups is 1. The van der Waals surface area contributed by atoms with Crippen molar-refractivity contribution in [2.75, 3.05) is 0 Å². The average Bonchev–Trinajstić information content (AvgIpc) is 3.08. The van der Waals surface area contributed by atoms with Crippen LogP contribution in [0, 0.1) is 0 Å². The van der Waals surface area contributed by atoms with Crippen LogP contribution in [0.3, 0.4) is 0 Å². The molecule has 0 fully saturated rings. The molecule has 7 heteroatoms. The Morgan fingerprint density at radius 3 is 2.48 bits per heavy atom. The summed E-state index contributed by atoms with van der Waals surface area (Å²) < 4.78 is 1.85. The maximum Gasteiger partial charge on any atom is 0.260 e. The van der Waals surface area contributed by atoms with E-state index >= 15 is 0 Å². The molecule has 3 aromatic carbocycles. The normalized spacial score (nSPS) is 12.0. The predicted octanol–water partition coefficient (Wildman–Crippen LogP) is 4.93. The highest BCUT2D eigenvalue weighted by molar-refractivity contribution is 6.31. The first-order valence-corrected chi connectivity index (χ1v) is 10.2. The number of nitrogens with one attached hydrogen (secondary N) is 1. The molecule has 0 saturated carbocycles. The zero-order chi connectivity index (χ0) is 21.4. The summed E-state index contributed by atoms with van der Waals surface area (Å²) in [5.41, 5.74) is 8.08. The second kappa shape index (κ2) is 7.81. The quantitative estimate of drug-likeness (QED) is 0.326. The van der Waals surface area contributed by atoms with Crippen molar-refractivity contribution < 1.29 is 4.79 Å². The van der Waals surface area contributed by atoms with E-state index in [0.717, 1.165) is 33.2 Å². The average molecular weight is 428 g/mol. The Kier molecular flexibility index (Phi) is 4.84. The molecule has 0 saturated heterocycles. The van der Waals surface area contributed by atoms with Crippen LogP contribution in [0.1, 0.15) is 12.5 Å². The van der Waals surface area contributed by atoms with E-state index in [4.69, 9.17) is 21.6 Å². The van der Waals surface area contributed by atoms with Gasteiger partial charge in [0.1, 0.15) is 12.1 Å². The van der Waals surface area contributed by atoms with Crippen LogP contribution < -0.4 is 5.43 Å². The summed E-state index contributed by atoms with van der Waals surface area (Å²) in [5, 5.41) is 5.71. The van der Waals surface area contributed by atoms with Crippen molar-refractivity contribution in [3.8, 4) is 0 Å². The van der Waals surface area contributed by atoms with Crippen LogP contribution in [0.4, 0.5) is 0 Å². The Bertz CT molecular complexity index is 1470. The molecule has 5 rings (SSSR count). The second-order valence-electron chi connectivity index (χ2n) is 7.23. The zero-order valence-electron chi connectivity index (χ0n) is 16.7. The van der Waals surface area contributed by atoms with Gasteiger partial charge < -0.3 is 4.57 Å². The first-order valence-electron chi connectivity index (χ1n) is 9.83. The topological polar surface area (TPSA) is 72.2 Å². The first-order chi connectivity index (χ1) is 15.1. The summed E-state index contributed by atoms with van der Waals surface area (Å²) in [6, 6.07) is 22.9. The number of benzene rings is 3. The number of nitrogens with zero attached hydrogens (tertiary/aromatic N) is 4. The van der Waals surface area contributed by atoms with Gasteiger partial charge in [-0.1, -0.05) is 54.1 Å². The number of aromatic nitrogens is 3. The Morgan fingerprint density at radius 2 is 1.71 bits per heavy atom. The predicted molar refractivity (Wildman–Crippen MR) is 124 cm³/mol. The number of halogens is 1. The smallest absolute Gasteiger partial charge is 0.260 e. The van der Waals surface area contributed by atoms with Crippen LogP contribution >= 0.6 is 11.6 Å². The molecule has 5 aromatic rings. The van der Waals surface area contributed by atoms with Gasteiger partial charge in [-0.25, -0.2) is 15.4 Å². The molecule has 31 heavy (non-hydrogen) atoms. The van der Waals surface area contributed by atoms with Crippen LogP contribution in [0.15, 0.2) is 77.9 Å². The molecule has 0 radical (unpaired) electrons. The number of carbonyl (C=O) groups excluding carboxylic acids is 1. The van der Waals surface area contributed by atoms with Crippen LogP contribution in [-0.4, -0.2) is 26.2 Å². The van der Waals surface area contributed by atoms with E-state index in [9.17, 15) is 4.79 Å². The number of hydrazone groups is 1. The number of amides is 1. The summed E-state index contributed by atoms with van der Waals surface area (Å²) in [6.07, 6.45) is 0. The van der Waals surface area contributed by atoms with E-state index < -0.39 is 0 Å². The van der Waals surface area contributed by atoms with E-state index in [-0.39, 0.29) is 12.5 Å². The highest BCUT2D eigenvalue weighted by atomic mass is 35.5. The summed E-state index contributed by atoms with van der Waals surface area (Å²) in [4.78, 5) is 22.3. The number of para-hydroxylation sites is 2. The fraction of sp³-hybridized carbons (Fsp3) is 0.0833. The minimum absolute atomic E-state index is 0.0558. The SMILES string of the molecule is CC(=NNC(=O)Cn1c2ccc(Cl)cc2c2nc3ccccc3nc21)c1ccccc1. The summed E-state index contributed by atoms with van der Waals surface area (Å²) in [5.74, 6) is -0.251. The van der Waals surface area contributed by atoms with Gasteiger partial charge in [0.05, 0.1) is 22.3 Å². The molecule has 0 aliphatic carbocycles. The number of hydrogen-bond donors (Lipinski definition) is 1. The third-order valence-electron chi connectivity index (χ3n) is 5.15. The Labute approximate surface area is 183 Å². The van der Waals surface area contributed by atoms with Gasteiger partial charge in [0.2, 0.25) is 0 Å². The lowest BCUT2D eigenvalue weighted by Gasteiger charge is -2.07. The molecule has 0 aliphatic heterocycles. The molecule has 1 amide bonds. The van der Waals surface area contributed by atoms with E-state index in [2.05, 4.69) is 10.5 Å². The molecular weight excluding hydrogens is 410 g/mol. The van der Waals surface area contributed by atoms with Gasteiger partial charge in [-0.05, 0) is 42.8 Å². The molecule has 2 heterocycles. The highest BCUT2D eigenvalue weighted by Gasteiger charge is 2.17. The van der Waals surface area contributed by atoms with E-state index in [1.165, 1.54) is 0 Å². The molecule has 0 atom stereocenters. The molecule has 0 unspecified atom stereocenters. The maximum absolute atomic E-state index is 12.8. The molecule has 6 nitrogen and oxygen atoms in total. The third kappa shape index (κ3) is 3.62. The largest absolute Gasteiger partial charge is 0.314 e. The summed E-state index contributed by atoms with van der Waals surface area (Å²) >= 11 is 6.24. The fourth-order valence-corrected chi connectivity index (χ4v) is 3.81. The van der Waals surface area contributed by atoms with Crippen molar-refractivity contribution >= 4 is 56.3 Å². The van der Waals surface area contributed by atoms with Gasteiger partial charge in [-0.3, -0.25) is 4.79 Å². The minimum Gasteiger partial charge on any atom is -0.314 e. The lowest BCUT2D eigenvalue weighted by Crippen LogP contribution is -2.24. The maximum atomic E-state index is 12.8. The Morgan fingerprint density at radius 1 is 1.00 bits per heavy atom. The first kappa shape index (κ1) is 19.2. The lowest BCUT2D eigenvalue weighted by molar-refractivity contribution is -0.121. The molecule has 0 aliphatic rings. The zero-order valence-corrected chi connectivity index (χ0v) is 17.5. The molecular formula is C24H18ClN5O. The third-order valence-corrected chi connectivity index (χ3v) is 5.39.